The Balaban J connectivity index is 0.00000442. The number of piperidine rings is 1. The Labute approximate surface area is 261 Å². The molecule has 1 aliphatic rings. The van der Waals surface area contributed by atoms with E-state index in [2.05, 4.69) is 35.5 Å². The summed E-state index contributed by atoms with van der Waals surface area (Å²) in [6.45, 7) is 3.68. The maximum atomic E-state index is 14.5. The smallest absolute Gasteiger partial charge is 0.254 e. The number of likely N-dealkylation sites (tertiary alicyclic amines) is 1. The average molecular weight is 627 g/mol. The van der Waals surface area contributed by atoms with E-state index in [0.29, 0.717) is 42.0 Å². The third-order valence-corrected chi connectivity index (χ3v) is 8.03. The van der Waals surface area contributed by atoms with E-state index < -0.39 is 18.1 Å². The first-order valence-electron chi connectivity index (χ1n) is 14.3. The Morgan fingerprint density at radius 1 is 1.09 bits per heavy atom. The molecule has 1 saturated heterocycles. The zero-order valence-corrected chi connectivity index (χ0v) is 25.9. The molecule has 0 aliphatic carbocycles. The highest BCUT2D eigenvalue weighted by molar-refractivity contribution is 7.59. The molecule has 5 rings (SSSR count). The van der Waals surface area contributed by atoms with E-state index in [-0.39, 0.29) is 37.6 Å². The number of aromatic nitrogens is 4. The van der Waals surface area contributed by atoms with Gasteiger partial charge in [0.25, 0.3) is 12.3 Å². The summed E-state index contributed by atoms with van der Waals surface area (Å²) >= 11 is 0. The van der Waals surface area contributed by atoms with Crippen molar-refractivity contribution < 1.29 is 18.0 Å². The summed E-state index contributed by atoms with van der Waals surface area (Å²) in [5, 5.41) is 6.31. The van der Waals surface area contributed by atoms with Crippen molar-refractivity contribution in [3.8, 4) is 11.3 Å². The Hall–Kier alpha value is -3.97. The molecule has 1 fully saturated rings. The van der Waals surface area contributed by atoms with Crippen molar-refractivity contribution in [2.75, 3.05) is 50.5 Å². The van der Waals surface area contributed by atoms with Crippen molar-refractivity contribution in [1.82, 2.24) is 30.2 Å². The predicted molar refractivity (Wildman–Crippen MR) is 172 cm³/mol. The molecule has 0 unspecified atom stereocenters. The molecule has 0 saturated carbocycles. The van der Waals surface area contributed by atoms with Gasteiger partial charge in [-0.25, -0.2) is 28.1 Å². The van der Waals surface area contributed by atoms with Crippen LogP contribution in [0, 0.1) is 5.82 Å². The second-order valence-electron chi connectivity index (χ2n) is 10.8. The minimum atomic E-state index is -2.30. The third-order valence-electron chi connectivity index (χ3n) is 8.03. The van der Waals surface area contributed by atoms with Crippen LogP contribution in [-0.2, 0) is 0 Å². The highest BCUT2D eigenvalue weighted by Gasteiger charge is 2.25. The summed E-state index contributed by atoms with van der Waals surface area (Å²) in [7, 11) is 3.46. The number of hydrogen-bond donors (Lipinski definition) is 2. The van der Waals surface area contributed by atoms with Gasteiger partial charge >= 0.3 is 0 Å². The maximum Gasteiger partial charge on any atom is 0.254 e. The lowest BCUT2D eigenvalue weighted by Gasteiger charge is -2.37. The fraction of sp³-hybridized carbons (Fsp3) is 0.387. The Morgan fingerprint density at radius 3 is 2.55 bits per heavy atom. The van der Waals surface area contributed by atoms with Gasteiger partial charge in [0.15, 0.2) is 5.82 Å². The topological polar surface area (TPSA) is 99.2 Å². The number of alkyl halides is 2. The number of anilines is 2. The zero-order chi connectivity index (χ0) is 30.5. The maximum absolute atomic E-state index is 14.5. The molecule has 0 bridgehead atoms. The van der Waals surface area contributed by atoms with Gasteiger partial charge in [-0.3, -0.25) is 14.7 Å². The van der Waals surface area contributed by atoms with Crippen LogP contribution < -0.4 is 15.5 Å². The first-order chi connectivity index (χ1) is 20.7. The van der Waals surface area contributed by atoms with Gasteiger partial charge in [-0.15, -0.1) is 0 Å². The minimum Gasteiger partial charge on any atom is -0.369 e. The Morgan fingerprint density at radius 2 is 1.86 bits per heavy atom. The molecule has 9 nitrogen and oxygen atoms in total. The molecule has 234 valence electrons. The van der Waals surface area contributed by atoms with Crippen molar-refractivity contribution in [2.24, 2.45) is 0 Å². The zero-order valence-electron chi connectivity index (χ0n) is 24.9. The second kappa shape index (κ2) is 14.7. The standard InChI is InChI=1S/C31H35F3N8O.H2S/c1-19(22-5-4-6-23-29(31(43)35-2)24(32)16-38-30(22)23)14-36-27-13-25(39-18-40-27)20-7-8-28(37-15-20)41(3)21-9-11-42(12-10-21)17-26(33)34;/h4-8,13,15-16,18-19,21,26H,9-12,14,17H2,1-3H3,(H,35,43)(H,36,39,40);1H2/t19-;/m1./s1. The van der Waals surface area contributed by atoms with E-state index in [1.165, 1.54) is 13.4 Å². The van der Waals surface area contributed by atoms with Crippen molar-refractivity contribution >= 4 is 41.9 Å². The van der Waals surface area contributed by atoms with Gasteiger partial charge in [0.2, 0.25) is 0 Å². The van der Waals surface area contributed by atoms with E-state index in [1.54, 1.807) is 18.3 Å². The van der Waals surface area contributed by atoms with Crippen LogP contribution in [0.25, 0.3) is 22.2 Å². The number of carbonyl (C=O) groups is 1. The Bertz CT molecular complexity index is 1570. The largest absolute Gasteiger partial charge is 0.369 e. The number of carbonyl (C=O) groups excluding carboxylic acids is 1. The number of para-hydroxylation sites is 1. The minimum absolute atomic E-state index is 0. The van der Waals surface area contributed by atoms with Crippen LogP contribution >= 0.6 is 13.5 Å². The lowest BCUT2D eigenvalue weighted by molar-refractivity contribution is 0.0754. The van der Waals surface area contributed by atoms with Crippen molar-refractivity contribution in [2.45, 2.75) is 38.2 Å². The summed E-state index contributed by atoms with van der Waals surface area (Å²) < 4.78 is 39.9. The molecular formula is C31H37F3N8OS. The fourth-order valence-corrected chi connectivity index (χ4v) is 5.57. The molecule has 0 radical (unpaired) electrons. The van der Waals surface area contributed by atoms with Crippen molar-refractivity contribution in [1.29, 1.82) is 0 Å². The lowest BCUT2D eigenvalue weighted by atomic mass is 9.96. The van der Waals surface area contributed by atoms with Gasteiger partial charge in [-0.1, -0.05) is 25.1 Å². The molecule has 44 heavy (non-hydrogen) atoms. The normalized spacial score (nSPS) is 14.7. The van der Waals surface area contributed by atoms with E-state index in [1.807, 2.05) is 43.1 Å². The van der Waals surface area contributed by atoms with E-state index >= 15 is 0 Å². The molecular weight excluding hydrogens is 589 g/mol. The lowest BCUT2D eigenvalue weighted by Crippen LogP contribution is -2.45. The summed E-state index contributed by atoms with van der Waals surface area (Å²) in [5.74, 6) is 0.268. The van der Waals surface area contributed by atoms with Crippen LogP contribution in [0.5, 0.6) is 0 Å². The van der Waals surface area contributed by atoms with Gasteiger partial charge in [-0.05, 0) is 30.5 Å². The Kier molecular flexibility index (Phi) is 11.0. The quantitative estimate of drug-likeness (QED) is 0.252. The number of benzene rings is 1. The summed E-state index contributed by atoms with van der Waals surface area (Å²) in [6, 6.07) is 11.4. The highest BCUT2D eigenvalue weighted by atomic mass is 32.1. The molecule has 1 amide bonds. The van der Waals surface area contributed by atoms with E-state index in [9.17, 15) is 18.0 Å². The van der Waals surface area contributed by atoms with E-state index in [0.717, 1.165) is 36.0 Å². The molecule has 2 N–H and O–H groups in total. The summed E-state index contributed by atoms with van der Waals surface area (Å²) in [5.41, 5.74) is 2.99. The van der Waals surface area contributed by atoms with Gasteiger partial charge in [0, 0.05) is 68.9 Å². The van der Waals surface area contributed by atoms with Crippen LogP contribution in [0.4, 0.5) is 24.8 Å². The van der Waals surface area contributed by atoms with Crippen LogP contribution in [-0.4, -0.2) is 83.5 Å². The van der Waals surface area contributed by atoms with Crippen LogP contribution in [0.3, 0.4) is 0 Å². The number of hydrogen-bond acceptors (Lipinski definition) is 8. The number of amides is 1. The number of pyridine rings is 2. The summed E-state index contributed by atoms with van der Waals surface area (Å²) in [4.78, 5) is 34.0. The SMILES string of the molecule is CNC(=O)c1c(F)cnc2c([C@H](C)CNc3cc(-c4ccc(N(C)C5CCN(CC(F)F)CC5)nc4)ncn3)cccc12.S. The van der Waals surface area contributed by atoms with Crippen LogP contribution in [0.2, 0.25) is 0 Å². The number of rotatable bonds is 10. The predicted octanol–water partition coefficient (Wildman–Crippen LogP) is 5.08. The molecule has 13 heteroatoms. The highest BCUT2D eigenvalue weighted by Crippen LogP contribution is 2.29. The monoisotopic (exact) mass is 626 g/mol. The summed E-state index contributed by atoms with van der Waals surface area (Å²) in [6.07, 6.45) is 3.68. The van der Waals surface area contributed by atoms with Gasteiger partial charge in [0.05, 0.1) is 29.5 Å². The molecule has 4 heterocycles. The van der Waals surface area contributed by atoms with Crippen LogP contribution in [0.1, 0.15) is 41.6 Å². The molecule has 1 aromatic carbocycles. The average Bonchev–Trinajstić information content (AvgIpc) is 3.03. The molecule has 0 spiro atoms. The first-order valence-corrected chi connectivity index (χ1v) is 14.3. The number of nitrogens with zero attached hydrogens (tertiary/aromatic N) is 6. The fourth-order valence-electron chi connectivity index (χ4n) is 5.57. The van der Waals surface area contributed by atoms with Crippen molar-refractivity contribution in [3.05, 3.63) is 72.1 Å². The molecule has 1 atom stereocenters. The second-order valence-corrected chi connectivity index (χ2v) is 10.8. The number of nitrogens with one attached hydrogen (secondary N) is 2. The number of fused-ring (bicyclic) bond motifs is 1. The number of halogens is 3. The van der Waals surface area contributed by atoms with Crippen LogP contribution in [0.15, 0.2) is 55.1 Å². The molecule has 4 aromatic rings. The third kappa shape index (κ3) is 7.39. The molecule has 3 aromatic heterocycles. The van der Waals surface area contributed by atoms with Gasteiger partial charge < -0.3 is 15.5 Å². The van der Waals surface area contributed by atoms with Gasteiger partial charge in [0.1, 0.15) is 18.0 Å². The van der Waals surface area contributed by atoms with Crippen molar-refractivity contribution in [3.63, 3.8) is 0 Å². The first kappa shape index (κ1) is 32.9. The van der Waals surface area contributed by atoms with E-state index in [4.69, 9.17) is 0 Å². The van der Waals surface area contributed by atoms with Gasteiger partial charge in [-0.2, -0.15) is 13.5 Å². The molecule has 1 aliphatic heterocycles.